The zero-order chi connectivity index (χ0) is 24.7. The van der Waals surface area contributed by atoms with Crippen LogP contribution < -0.4 is 5.32 Å². The van der Waals surface area contributed by atoms with Crippen molar-refractivity contribution < 1.29 is 31.1 Å². The molecule has 2 aromatic carbocycles. The van der Waals surface area contributed by atoms with Gasteiger partial charge in [0.2, 0.25) is 5.91 Å². The maximum atomic E-state index is 13.3. The van der Waals surface area contributed by atoms with E-state index in [0.29, 0.717) is 22.6 Å². The number of nitrogens with one attached hydrogen (secondary N) is 1. The lowest BCUT2D eigenvalue weighted by Crippen LogP contribution is -2.13. The smallest absolute Gasteiger partial charge is 0.326 e. The molecule has 4 aromatic rings. The number of rotatable bonds is 4. The summed E-state index contributed by atoms with van der Waals surface area (Å²) in [5.41, 5.74) is -1.43. The topological polar surface area (TPSA) is 77.6 Å². The number of hydrogen-bond acceptors (Lipinski definition) is 4. The largest absolute Gasteiger partial charge is 0.435 e. The molecule has 7 nitrogen and oxygen atoms in total. The summed E-state index contributed by atoms with van der Waals surface area (Å²) in [5.74, 6) is -0.246. The normalized spacial score (nSPS) is 12.1. The van der Waals surface area contributed by atoms with Crippen LogP contribution in [0.1, 0.15) is 18.3 Å². The van der Waals surface area contributed by atoms with Crippen LogP contribution in [0.15, 0.2) is 60.8 Å². The van der Waals surface area contributed by atoms with Gasteiger partial charge in [0.1, 0.15) is 11.4 Å². The van der Waals surface area contributed by atoms with Gasteiger partial charge in [0.15, 0.2) is 5.69 Å². The molecule has 4 rings (SSSR count). The molecule has 0 fully saturated rings. The Morgan fingerprint density at radius 1 is 0.912 bits per heavy atom. The van der Waals surface area contributed by atoms with E-state index in [1.165, 1.54) is 35.9 Å². The van der Waals surface area contributed by atoms with E-state index < -0.39 is 23.7 Å². The van der Waals surface area contributed by atoms with Crippen molar-refractivity contribution in [3.63, 3.8) is 0 Å². The third-order valence-corrected chi connectivity index (χ3v) is 4.62. The van der Waals surface area contributed by atoms with Gasteiger partial charge in [0.05, 0.1) is 17.6 Å². The van der Waals surface area contributed by atoms with Crippen LogP contribution in [0, 0.1) is 0 Å². The molecule has 0 aliphatic heterocycles. The first-order valence-corrected chi connectivity index (χ1v) is 9.57. The van der Waals surface area contributed by atoms with Gasteiger partial charge in [-0.3, -0.25) is 4.79 Å². The lowest BCUT2D eigenvalue weighted by atomic mass is 10.1. The van der Waals surface area contributed by atoms with Crippen LogP contribution >= 0.6 is 0 Å². The number of anilines is 1. The summed E-state index contributed by atoms with van der Waals surface area (Å²) in [5, 5.41) is 13.8. The molecule has 0 unspecified atom stereocenters. The molecule has 0 atom stereocenters. The molecule has 176 valence electrons. The van der Waals surface area contributed by atoms with Gasteiger partial charge in [-0.2, -0.15) is 31.4 Å². The summed E-state index contributed by atoms with van der Waals surface area (Å²) in [6.07, 6.45) is -8.51. The first-order valence-electron chi connectivity index (χ1n) is 9.57. The molecule has 0 aliphatic rings. The second kappa shape index (κ2) is 8.32. The molecule has 0 radical (unpaired) electrons. The van der Waals surface area contributed by atoms with E-state index in [0.717, 1.165) is 0 Å². The molecule has 0 saturated heterocycles. The molecule has 13 heteroatoms. The van der Waals surface area contributed by atoms with Gasteiger partial charge >= 0.3 is 12.4 Å². The fraction of sp³-hybridized carbons (Fsp3) is 0.143. The van der Waals surface area contributed by atoms with Crippen LogP contribution in [-0.4, -0.2) is 30.7 Å². The molecular formula is C21H14F6N6O. The van der Waals surface area contributed by atoms with Gasteiger partial charge in [-0.05, 0) is 30.3 Å². The summed E-state index contributed by atoms with van der Waals surface area (Å²) < 4.78 is 80.2. The molecule has 34 heavy (non-hydrogen) atoms. The molecule has 0 aliphatic carbocycles. The summed E-state index contributed by atoms with van der Waals surface area (Å²) in [7, 11) is 0. The maximum absolute atomic E-state index is 13.3. The van der Waals surface area contributed by atoms with Crippen molar-refractivity contribution in [2.24, 2.45) is 0 Å². The van der Waals surface area contributed by atoms with Crippen LogP contribution in [-0.2, 0) is 17.1 Å². The van der Waals surface area contributed by atoms with Gasteiger partial charge in [-0.15, -0.1) is 5.10 Å². The monoisotopic (exact) mass is 480 g/mol. The number of amides is 1. The van der Waals surface area contributed by atoms with Crippen molar-refractivity contribution in [3.05, 3.63) is 72.2 Å². The Labute approximate surface area is 187 Å². The zero-order valence-electron chi connectivity index (χ0n) is 17.2. The number of carbonyl (C=O) groups is 1. The highest BCUT2D eigenvalue weighted by Gasteiger charge is 2.42. The zero-order valence-corrected chi connectivity index (χ0v) is 17.2. The predicted octanol–water partition coefficient (Wildman–Crippen LogP) is 5.12. The van der Waals surface area contributed by atoms with Crippen molar-refractivity contribution in [3.8, 4) is 22.6 Å². The Morgan fingerprint density at radius 2 is 1.62 bits per heavy atom. The second-order valence-corrected chi connectivity index (χ2v) is 7.15. The molecule has 1 amide bonds. The minimum atomic E-state index is -5.04. The van der Waals surface area contributed by atoms with Crippen LogP contribution in [0.4, 0.5) is 32.0 Å². The molecule has 0 spiro atoms. The summed E-state index contributed by atoms with van der Waals surface area (Å²) >= 11 is 0. The number of benzene rings is 2. The third-order valence-electron chi connectivity index (χ3n) is 4.62. The standard InChI is InChI=1S/C21H14F6N6O/c1-12(34)28-14-3-2-4-16(9-14)32-11-17(29-31-32)13-5-7-15(8-6-13)33-19(21(25,26)27)10-18(30-33)20(22,23)24/h2-11H,1H3,(H,28,34). The van der Waals surface area contributed by atoms with E-state index in [1.807, 2.05) is 0 Å². The highest BCUT2D eigenvalue weighted by Crippen LogP contribution is 2.36. The summed E-state index contributed by atoms with van der Waals surface area (Å²) in [6.45, 7) is 1.37. The highest BCUT2D eigenvalue weighted by molar-refractivity contribution is 5.88. The van der Waals surface area contributed by atoms with Crippen molar-refractivity contribution in [1.82, 2.24) is 24.8 Å². The number of carbonyl (C=O) groups excluding carboxylic acids is 1. The van der Waals surface area contributed by atoms with Crippen LogP contribution in [0.2, 0.25) is 0 Å². The van der Waals surface area contributed by atoms with Gasteiger partial charge in [-0.1, -0.05) is 23.4 Å². The first kappa shape index (κ1) is 23.0. The van der Waals surface area contributed by atoms with Gasteiger partial charge in [0.25, 0.3) is 0 Å². The maximum Gasteiger partial charge on any atom is 0.435 e. The number of halogens is 6. The van der Waals surface area contributed by atoms with Crippen molar-refractivity contribution >= 4 is 11.6 Å². The van der Waals surface area contributed by atoms with Crippen molar-refractivity contribution in [2.75, 3.05) is 5.32 Å². The van der Waals surface area contributed by atoms with Crippen molar-refractivity contribution in [2.45, 2.75) is 19.3 Å². The van der Waals surface area contributed by atoms with E-state index in [9.17, 15) is 31.1 Å². The molecule has 2 aromatic heterocycles. The molecular weight excluding hydrogens is 466 g/mol. The molecule has 1 N–H and O–H groups in total. The predicted molar refractivity (Wildman–Crippen MR) is 108 cm³/mol. The van der Waals surface area contributed by atoms with Gasteiger partial charge in [-0.25, -0.2) is 9.36 Å². The Kier molecular flexibility index (Phi) is 5.63. The van der Waals surface area contributed by atoms with Gasteiger partial charge in [0, 0.05) is 24.2 Å². The molecule has 0 saturated carbocycles. The average Bonchev–Trinajstić information content (AvgIpc) is 3.41. The highest BCUT2D eigenvalue weighted by atomic mass is 19.4. The lowest BCUT2D eigenvalue weighted by molar-refractivity contribution is -0.143. The van der Waals surface area contributed by atoms with E-state index in [2.05, 4.69) is 20.7 Å². The number of nitrogens with zero attached hydrogens (tertiary/aromatic N) is 5. The van der Waals surface area contributed by atoms with E-state index >= 15 is 0 Å². The Hall–Kier alpha value is -4.16. The van der Waals surface area contributed by atoms with E-state index in [4.69, 9.17) is 0 Å². The van der Waals surface area contributed by atoms with E-state index in [1.54, 1.807) is 30.5 Å². The summed E-state index contributed by atoms with van der Waals surface area (Å²) in [4.78, 5) is 11.2. The van der Waals surface area contributed by atoms with Crippen LogP contribution in [0.5, 0.6) is 0 Å². The summed E-state index contributed by atoms with van der Waals surface area (Å²) in [6, 6.07) is 11.9. The van der Waals surface area contributed by atoms with E-state index in [-0.39, 0.29) is 22.3 Å². The average molecular weight is 480 g/mol. The van der Waals surface area contributed by atoms with Crippen LogP contribution in [0.25, 0.3) is 22.6 Å². The van der Waals surface area contributed by atoms with Crippen LogP contribution in [0.3, 0.4) is 0 Å². The fourth-order valence-corrected chi connectivity index (χ4v) is 3.14. The van der Waals surface area contributed by atoms with Gasteiger partial charge < -0.3 is 5.32 Å². The van der Waals surface area contributed by atoms with Crippen molar-refractivity contribution in [1.29, 1.82) is 0 Å². The number of hydrogen-bond donors (Lipinski definition) is 1. The first-order chi connectivity index (χ1) is 15.9. The Balaban J connectivity index is 1.63. The number of aromatic nitrogens is 5. The molecule has 0 bridgehead atoms. The Morgan fingerprint density at radius 3 is 2.24 bits per heavy atom. The fourth-order valence-electron chi connectivity index (χ4n) is 3.14. The third kappa shape index (κ3) is 4.77. The minimum Gasteiger partial charge on any atom is -0.326 e. The minimum absolute atomic E-state index is 0.0332. The quantitative estimate of drug-likeness (QED) is 0.412. The Bertz CT molecular complexity index is 1340. The molecule has 2 heterocycles. The number of alkyl halides is 6. The lowest BCUT2D eigenvalue weighted by Gasteiger charge is -2.10. The second-order valence-electron chi connectivity index (χ2n) is 7.15. The SMILES string of the molecule is CC(=O)Nc1cccc(-n2cc(-c3ccc(-n4nc(C(F)(F)F)cc4C(F)(F)F)cc3)nn2)c1.